The molecule has 34 heavy (non-hydrogen) atoms. The summed E-state index contributed by atoms with van der Waals surface area (Å²) in [6, 6.07) is 12.3. The Balaban J connectivity index is 1.69. The maximum atomic E-state index is 13.9. The van der Waals surface area contributed by atoms with Gasteiger partial charge in [-0.3, -0.25) is 24.1 Å². The molecule has 1 aliphatic heterocycles. The van der Waals surface area contributed by atoms with Gasteiger partial charge in [0.2, 0.25) is 5.43 Å². The number of nitrogens with zero attached hydrogens (tertiary/aromatic N) is 3. The Hall–Kier alpha value is -4.21. The van der Waals surface area contributed by atoms with Crippen LogP contribution in [0.2, 0.25) is 0 Å². The van der Waals surface area contributed by atoms with Crippen LogP contribution in [0.4, 0.5) is 8.78 Å². The summed E-state index contributed by atoms with van der Waals surface area (Å²) in [4.78, 5) is 39.9. The van der Waals surface area contributed by atoms with Crippen LogP contribution in [-0.2, 0) is 13.1 Å². The number of aromatic nitrogens is 1. The zero-order chi connectivity index (χ0) is 24.4. The molecule has 10 heteroatoms. The Kier molecular flexibility index (Phi) is 6.31. The van der Waals surface area contributed by atoms with Crippen LogP contribution >= 0.6 is 0 Å². The lowest BCUT2D eigenvalue weighted by Gasteiger charge is -2.39. The molecule has 0 saturated carbocycles. The predicted molar refractivity (Wildman–Crippen MR) is 120 cm³/mol. The van der Waals surface area contributed by atoms with E-state index in [1.807, 2.05) is 30.3 Å². The smallest absolute Gasteiger partial charge is 0.277 e. The third-order valence-electron chi connectivity index (χ3n) is 5.58. The fourth-order valence-corrected chi connectivity index (χ4v) is 3.75. The second-order valence-corrected chi connectivity index (χ2v) is 7.78. The Morgan fingerprint density at radius 2 is 1.85 bits per heavy atom. The summed E-state index contributed by atoms with van der Waals surface area (Å²) in [5.74, 6) is -3.85. The van der Waals surface area contributed by atoms with E-state index in [2.05, 4.69) is 5.32 Å². The van der Waals surface area contributed by atoms with Gasteiger partial charge in [-0.2, -0.15) is 0 Å². The summed E-state index contributed by atoms with van der Waals surface area (Å²) in [6.07, 6.45) is 1.20. The maximum absolute atomic E-state index is 13.9. The quantitative estimate of drug-likeness (QED) is 0.579. The number of carbonyl (C=O) groups excluding carboxylic acids is 2. The molecule has 0 saturated heterocycles. The minimum atomic E-state index is -1.02. The zero-order valence-electron chi connectivity index (χ0n) is 18.3. The topological polar surface area (TPSA) is 94.9 Å². The van der Waals surface area contributed by atoms with E-state index < -0.39 is 40.2 Å². The summed E-state index contributed by atoms with van der Waals surface area (Å²) in [5.41, 5.74) is -0.740. The van der Waals surface area contributed by atoms with E-state index >= 15 is 0 Å². The van der Waals surface area contributed by atoms with Gasteiger partial charge in [-0.15, -0.1) is 0 Å². The van der Waals surface area contributed by atoms with Gasteiger partial charge in [-0.25, -0.2) is 8.78 Å². The van der Waals surface area contributed by atoms with Crippen molar-refractivity contribution in [2.45, 2.75) is 20.0 Å². The number of benzene rings is 2. The number of pyridine rings is 1. The second-order valence-electron chi connectivity index (χ2n) is 7.78. The number of hydrogen-bond acceptors (Lipinski definition) is 5. The van der Waals surface area contributed by atoms with Gasteiger partial charge in [0, 0.05) is 30.9 Å². The largest absolute Gasteiger partial charge is 0.502 e. The number of fused-ring (bicyclic) bond motifs is 1. The van der Waals surface area contributed by atoms with E-state index in [-0.39, 0.29) is 24.5 Å². The number of rotatable bonds is 6. The fraction of sp³-hybridized carbons (Fsp3) is 0.208. The second kappa shape index (κ2) is 9.34. The number of hydrogen-bond donors (Lipinski definition) is 2. The average Bonchev–Trinajstić information content (AvgIpc) is 2.82. The molecule has 2 amide bonds. The van der Waals surface area contributed by atoms with Gasteiger partial charge < -0.3 is 15.3 Å². The molecule has 0 aliphatic carbocycles. The van der Waals surface area contributed by atoms with Gasteiger partial charge in [0.05, 0.1) is 6.54 Å². The fourth-order valence-electron chi connectivity index (χ4n) is 3.75. The number of halogens is 2. The molecule has 0 spiro atoms. The van der Waals surface area contributed by atoms with Gasteiger partial charge in [0.15, 0.2) is 11.4 Å². The van der Waals surface area contributed by atoms with Crippen molar-refractivity contribution in [1.82, 2.24) is 14.9 Å². The molecule has 176 valence electrons. The molecule has 2 aromatic carbocycles. The summed E-state index contributed by atoms with van der Waals surface area (Å²) in [6.45, 7) is 2.33. The van der Waals surface area contributed by atoms with Crippen molar-refractivity contribution in [3.05, 3.63) is 99.0 Å². The van der Waals surface area contributed by atoms with Crippen LogP contribution in [0.25, 0.3) is 0 Å². The van der Waals surface area contributed by atoms with Gasteiger partial charge >= 0.3 is 0 Å². The van der Waals surface area contributed by atoms with Crippen molar-refractivity contribution in [2.75, 3.05) is 18.2 Å². The number of carbonyl (C=O) groups is 2. The molecule has 4 rings (SSSR count). The number of aromatic hydroxyl groups is 1. The van der Waals surface area contributed by atoms with Crippen LogP contribution in [0, 0.1) is 11.6 Å². The third kappa shape index (κ3) is 4.34. The number of amides is 2. The van der Waals surface area contributed by atoms with Crippen molar-refractivity contribution in [3.63, 3.8) is 0 Å². The highest BCUT2D eigenvalue weighted by Gasteiger charge is 2.33. The molecule has 2 heterocycles. The van der Waals surface area contributed by atoms with Crippen LogP contribution in [0.3, 0.4) is 0 Å². The Labute approximate surface area is 193 Å². The molecule has 3 aromatic rings. The van der Waals surface area contributed by atoms with Gasteiger partial charge in [-0.1, -0.05) is 36.4 Å². The highest BCUT2D eigenvalue weighted by Crippen LogP contribution is 2.22. The van der Waals surface area contributed by atoms with E-state index in [9.17, 15) is 28.3 Å². The average molecular weight is 468 g/mol. The van der Waals surface area contributed by atoms with E-state index in [0.29, 0.717) is 19.2 Å². The number of nitrogens with one attached hydrogen (secondary N) is 1. The molecular weight excluding hydrogens is 446 g/mol. The molecule has 1 aliphatic rings. The molecule has 0 fully saturated rings. The Bertz CT molecular complexity index is 1310. The van der Waals surface area contributed by atoms with E-state index in [4.69, 9.17) is 0 Å². The zero-order valence-corrected chi connectivity index (χ0v) is 18.3. The molecule has 0 atom stereocenters. The van der Waals surface area contributed by atoms with Crippen LogP contribution in [-0.4, -0.2) is 39.7 Å². The van der Waals surface area contributed by atoms with Gasteiger partial charge in [0.1, 0.15) is 23.9 Å². The first-order valence-electron chi connectivity index (χ1n) is 10.6. The molecular formula is C24H22F2N4O4. The molecule has 0 radical (unpaired) electrons. The van der Waals surface area contributed by atoms with Crippen LogP contribution in [0.5, 0.6) is 5.75 Å². The molecule has 8 nitrogen and oxygen atoms in total. The van der Waals surface area contributed by atoms with E-state index in [1.54, 1.807) is 11.9 Å². The third-order valence-corrected chi connectivity index (χ3v) is 5.58. The van der Waals surface area contributed by atoms with Crippen molar-refractivity contribution in [3.8, 4) is 5.75 Å². The monoisotopic (exact) mass is 468 g/mol. The van der Waals surface area contributed by atoms with Crippen molar-refractivity contribution in [2.24, 2.45) is 0 Å². The lowest BCUT2D eigenvalue weighted by Crippen LogP contribution is -2.54. The maximum Gasteiger partial charge on any atom is 0.277 e. The molecule has 0 bridgehead atoms. The Morgan fingerprint density at radius 3 is 2.53 bits per heavy atom. The van der Waals surface area contributed by atoms with Crippen molar-refractivity contribution < 1.29 is 23.5 Å². The highest BCUT2D eigenvalue weighted by molar-refractivity contribution is 5.99. The highest BCUT2D eigenvalue weighted by atomic mass is 19.1. The summed E-state index contributed by atoms with van der Waals surface area (Å²) < 4.78 is 28.3. The lowest BCUT2D eigenvalue weighted by atomic mass is 10.1. The minimum absolute atomic E-state index is 0.0245. The first-order valence-corrected chi connectivity index (χ1v) is 10.6. The molecule has 1 aromatic heterocycles. The van der Waals surface area contributed by atoms with Crippen LogP contribution in [0.1, 0.15) is 38.9 Å². The summed E-state index contributed by atoms with van der Waals surface area (Å²) in [7, 11) is 0. The SMILES string of the molecule is CCN1CN(Cc2ccccc2)n2cc(C(=O)NCc3ccc(F)cc3F)c(=O)c(O)c2C1=O. The molecule has 0 unspecified atom stereocenters. The first-order chi connectivity index (χ1) is 16.3. The minimum Gasteiger partial charge on any atom is -0.502 e. The summed E-state index contributed by atoms with van der Waals surface area (Å²) >= 11 is 0. The molecule has 2 N–H and O–H groups in total. The normalized spacial score (nSPS) is 13.1. The van der Waals surface area contributed by atoms with Crippen LogP contribution in [0.15, 0.2) is 59.5 Å². The lowest BCUT2D eigenvalue weighted by molar-refractivity contribution is 0.0693. The van der Waals surface area contributed by atoms with Gasteiger partial charge in [-0.05, 0) is 18.6 Å². The predicted octanol–water partition coefficient (Wildman–Crippen LogP) is 2.33. The standard InChI is InChI=1S/C24H22F2N4O4/c1-2-28-14-29(12-15-6-4-3-5-7-15)30-13-18(21(31)22(32)20(30)24(28)34)23(33)27-11-16-8-9-17(25)10-19(16)26/h3-10,13,32H,2,11-12,14H2,1H3,(H,27,33). The summed E-state index contributed by atoms with van der Waals surface area (Å²) in [5, 5.41) is 14.7. The Morgan fingerprint density at radius 1 is 1.12 bits per heavy atom. The van der Waals surface area contributed by atoms with E-state index in [1.165, 1.54) is 21.8 Å². The van der Waals surface area contributed by atoms with Gasteiger partial charge in [0.25, 0.3) is 11.8 Å². The van der Waals surface area contributed by atoms with Crippen LogP contribution < -0.4 is 15.8 Å². The van der Waals surface area contributed by atoms with Crippen molar-refractivity contribution >= 4 is 11.8 Å². The van der Waals surface area contributed by atoms with E-state index in [0.717, 1.165) is 11.6 Å². The first kappa shape index (κ1) is 23.0. The van der Waals surface area contributed by atoms with Crippen molar-refractivity contribution in [1.29, 1.82) is 0 Å².